The molecule has 3 aromatic heterocycles. The number of pyridine rings is 2. The van der Waals surface area contributed by atoms with E-state index in [4.69, 9.17) is 5.11 Å². The third-order valence-electron chi connectivity index (χ3n) is 2.56. The van der Waals surface area contributed by atoms with Crippen LogP contribution in [0.25, 0.3) is 21.3 Å². The first-order chi connectivity index (χ1) is 10.1. The van der Waals surface area contributed by atoms with Crippen LogP contribution in [0.4, 0.5) is 4.39 Å². The summed E-state index contributed by atoms with van der Waals surface area (Å²) in [4.78, 5) is 18.6. The van der Waals surface area contributed by atoms with Crippen LogP contribution in [0.3, 0.4) is 0 Å². The Morgan fingerprint density at radius 1 is 1.19 bits per heavy atom. The van der Waals surface area contributed by atoms with Gasteiger partial charge < -0.3 is 5.11 Å². The number of carboxylic acid groups (broad SMARTS) is 1. The molecule has 21 heavy (non-hydrogen) atoms. The van der Waals surface area contributed by atoms with E-state index >= 15 is 0 Å². The van der Waals surface area contributed by atoms with Crippen LogP contribution in [0, 0.1) is 5.82 Å². The van der Waals surface area contributed by atoms with Gasteiger partial charge in [-0.15, -0.1) is 10.2 Å². The summed E-state index contributed by atoms with van der Waals surface area (Å²) < 4.78 is 13.1. The predicted octanol–water partition coefficient (Wildman–Crippen LogP) is 2.50. The molecule has 3 aromatic rings. The van der Waals surface area contributed by atoms with Gasteiger partial charge in [0.1, 0.15) is 22.2 Å². The monoisotopic (exact) mass is 302 g/mol. The van der Waals surface area contributed by atoms with Crippen LogP contribution < -0.4 is 0 Å². The highest BCUT2D eigenvalue weighted by Gasteiger charge is 2.12. The second-order valence-corrected chi connectivity index (χ2v) is 4.99. The second kappa shape index (κ2) is 5.33. The summed E-state index contributed by atoms with van der Waals surface area (Å²) >= 11 is 1.18. The van der Waals surface area contributed by atoms with E-state index in [1.54, 1.807) is 12.1 Å². The van der Waals surface area contributed by atoms with Crippen LogP contribution in [0.1, 0.15) is 10.5 Å². The number of hydrogen-bond donors (Lipinski definition) is 1. The molecule has 0 saturated heterocycles. The highest BCUT2D eigenvalue weighted by atomic mass is 32.1. The number of aromatic nitrogens is 4. The molecule has 0 aliphatic rings. The molecule has 0 spiro atoms. The van der Waals surface area contributed by atoms with Crippen molar-refractivity contribution in [2.75, 3.05) is 0 Å². The molecule has 0 unspecified atom stereocenters. The zero-order valence-corrected chi connectivity index (χ0v) is 11.2. The minimum Gasteiger partial charge on any atom is -0.477 e. The smallest absolute Gasteiger partial charge is 0.354 e. The largest absolute Gasteiger partial charge is 0.477 e. The van der Waals surface area contributed by atoms with Crippen LogP contribution >= 0.6 is 11.3 Å². The van der Waals surface area contributed by atoms with Gasteiger partial charge in [0.2, 0.25) is 0 Å². The van der Waals surface area contributed by atoms with Gasteiger partial charge in [0.15, 0.2) is 5.01 Å². The Bertz CT molecular complexity index is 821. The van der Waals surface area contributed by atoms with Gasteiger partial charge in [-0.1, -0.05) is 17.4 Å². The summed E-state index contributed by atoms with van der Waals surface area (Å²) in [7, 11) is 0. The standard InChI is InChI=1S/C13H7FN4O2S/c14-8-4-7(5-15-6-8)11-17-18-12(21-11)9-2-1-3-10(16-9)13(19)20/h1-6H,(H,19,20). The van der Waals surface area contributed by atoms with Gasteiger partial charge in [-0.05, 0) is 18.2 Å². The Kier molecular flexibility index (Phi) is 3.36. The minimum absolute atomic E-state index is 0.0725. The lowest BCUT2D eigenvalue weighted by Gasteiger charge is -1.96. The van der Waals surface area contributed by atoms with Crippen molar-refractivity contribution in [1.82, 2.24) is 20.2 Å². The van der Waals surface area contributed by atoms with Crippen molar-refractivity contribution < 1.29 is 14.3 Å². The number of carbonyl (C=O) groups is 1. The molecule has 1 N–H and O–H groups in total. The first-order valence-corrected chi connectivity index (χ1v) is 6.60. The molecule has 0 amide bonds. The number of halogens is 1. The maximum Gasteiger partial charge on any atom is 0.354 e. The Labute approximate surface area is 122 Å². The molecule has 3 heterocycles. The zero-order chi connectivity index (χ0) is 14.8. The molecule has 0 bridgehead atoms. The summed E-state index contributed by atoms with van der Waals surface area (Å²) in [5, 5.41) is 17.8. The van der Waals surface area contributed by atoms with Crippen molar-refractivity contribution in [2.45, 2.75) is 0 Å². The fraction of sp³-hybridized carbons (Fsp3) is 0. The number of aromatic carboxylic acids is 1. The van der Waals surface area contributed by atoms with E-state index < -0.39 is 11.8 Å². The van der Waals surface area contributed by atoms with E-state index in [0.29, 0.717) is 21.3 Å². The topological polar surface area (TPSA) is 88.9 Å². The van der Waals surface area contributed by atoms with Crippen LogP contribution in [0.15, 0.2) is 36.7 Å². The van der Waals surface area contributed by atoms with E-state index in [0.717, 1.165) is 6.20 Å². The third-order valence-corrected chi connectivity index (χ3v) is 3.56. The van der Waals surface area contributed by atoms with Crippen LogP contribution in [0.5, 0.6) is 0 Å². The summed E-state index contributed by atoms with van der Waals surface area (Å²) in [5.41, 5.74) is 0.841. The molecule has 3 rings (SSSR count). The Balaban J connectivity index is 1.98. The first-order valence-electron chi connectivity index (χ1n) is 5.78. The summed E-state index contributed by atoms with van der Waals surface area (Å²) in [6, 6.07) is 5.92. The fourth-order valence-corrected chi connectivity index (χ4v) is 2.44. The Hall–Kier alpha value is -2.74. The molecular formula is C13H7FN4O2S. The fourth-order valence-electron chi connectivity index (χ4n) is 1.65. The van der Waals surface area contributed by atoms with Crippen LogP contribution in [0.2, 0.25) is 0 Å². The quantitative estimate of drug-likeness (QED) is 0.799. The average molecular weight is 302 g/mol. The lowest BCUT2D eigenvalue weighted by molar-refractivity contribution is 0.0690. The van der Waals surface area contributed by atoms with Crippen molar-refractivity contribution in [1.29, 1.82) is 0 Å². The molecule has 104 valence electrons. The molecule has 0 atom stereocenters. The minimum atomic E-state index is -1.11. The van der Waals surface area contributed by atoms with Crippen molar-refractivity contribution in [2.24, 2.45) is 0 Å². The van der Waals surface area contributed by atoms with Gasteiger partial charge in [-0.3, -0.25) is 4.98 Å². The third kappa shape index (κ3) is 2.75. The van der Waals surface area contributed by atoms with E-state index in [9.17, 15) is 9.18 Å². The maximum absolute atomic E-state index is 13.1. The molecule has 0 fully saturated rings. The lowest BCUT2D eigenvalue weighted by atomic mass is 10.3. The molecule has 0 radical (unpaired) electrons. The number of hydrogen-bond acceptors (Lipinski definition) is 6. The van der Waals surface area contributed by atoms with Crippen molar-refractivity contribution in [3.05, 3.63) is 48.2 Å². The number of carboxylic acids is 1. The van der Waals surface area contributed by atoms with E-state index in [1.165, 1.54) is 29.7 Å². The Morgan fingerprint density at radius 2 is 2.00 bits per heavy atom. The van der Waals surface area contributed by atoms with E-state index in [1.807, 2.05) is 0 Å². The summed E-state index contributed by atoms with van der Waals surface area (Å²) in [6.45, 7) is 0. The van der Waals surface area contributed by atoms with Crippen molar-refractivity contribution in [3.63, 3.8) is 0 Å². The molecule has 0 aromatic carbocycles. The van der Waals surface area contributed by atoms with Gasteiger partial charge in [0.25, 0.3) is 0 Å². The molecular weight excluding hydrogens is 295 g/mol. The molecule has 0 aliphatic carbocycles. The average Bonchev–Trinajstić information content (AvgIpc) is 2.97. The van der Waals surface area contributed by atoms with E-state index in [2.05, 4.69) is 20.2 Å². The van der Waals surface area contributed by atoms with Gasteiger partial charge in [-0.2, -0.15) is 0 Å². The second-order valence-electron chi connectivity index (χ2n) is 4.02. The van der Waals surface area contributed by atoms with Crippen molar-refractivity contribution >= 4 is 17.3 Å². The van der Waals surface area contributed by atoms with Gasteiger partial charge in [0.05, 0.1) is 6.20 Å². The predicted molar refractivity (Wildman–Crippen MR) is 73.3 cm³/mol. The van der Waals surface area contributed by atoms with Gasteiger partial charge in [0, 0.05) is 11.8 Å². The molecule has 6 nitrogen and oxygen atoms in total. The first kappa shape index (κ1) is 13.3. The normalized spacial score (nSPS) is 10.5. The number of rotatable bonds is 3. The van der Waals surface area contributed by atoms with E-state index in [-0.39, 0.29) is 5.69 Å². The van der Waals surface area contributed by atoms with Gasteiger partial charge >= 0.3 is 5.97 Å². The van der Waals surface area contributed by atoms with Crippen LogP contribution in [-0.2, 0) is 0 Å². The summed E-state index contributed by atoms with van der Waals surface area (Å²) in [5.74, 6) is -1.58. The maximum atomic E-state index is 13.1. The lowest BCUT2D eigenvalue weighted by Crippen LogP contribution is -2.00. The Morgan fingerprint density at radius 3 is 2.76 bits per heavy atom. The molecule has 0 saturated carbocycles. The van der Waals surface area contributed by atoms with Gasteiger partial charge in [-0.25, -0.2) is 14.2 Å². The molecule has 8 heteroatoms. The van der Waals surface area contributed by atoms with Crippen molar-refractivity contribution in [3.8, 4) is 21.3 Å². The highest BCUT2D eigenvalue weighted by molar-refractivity contribution is 7.17. The number of nitrogens with zero attached hydrogens (tertiary/aromatic N) is 4. The SMILES string of the molecule is O=C(O)c1cccc(-c2nnc(-c3cncc(F)c3)s2)n1. The zero-order valence-electron chi connectivity index (χ0n) is 10.4. The molecule has 0 aliphatic heterocycles. The highest BCUT2D eigenvalue weighted by Crippen LogP contribution is 2.28. The summed E-state index contributed by atoms with van der Waals surface area (Å²) in [6.07, 6.45) is 2.58. The van der Waals surface area contributed by atoms with Crippen LogP contribution in [-0.4, -0.2) is 31.2 Å².